The van der Waals surface area contributed by atoms with E-state index in [1.807, 2.05) is 17.0 Å². The van der Waals surface area contributed by atoms with E-state index in [-0.39, 0.29) is 5.56 Å². The number of carboxylic acid groups (broad SMARTS) is 1. The van der Waals surface area contributed by atoms with Crippen LogP contribution < -0.4 is 4.90 Å². The van der Waals surface area contributed by atoms with Gasteiger partial charge in [0.2, 0.25) is 5.95 Å². The van der Waals surface area contributed by atoms with Gasteiger partial charge in [-0.1, -0.05) is 24.3 Å². The highest BCUT2D eigenvalue weighted by molar-refractivity contribution is 5.88. The highest BCUT2D eigenvalue weighted by atomic mass is 16.4. The molecule has 0 saturated carbocycles. The summed E-state index contributed by atoms with van der Waals surface area (Å²) in [4.78, 5) is 21.4. The van der Waals surface area contributed by atoms with Gasteiger partial charge in [0.15, 0.2) is 0 Å². The second-order valence-corrected chi connectivity index (χ2v) is 4.60. The van der Waals surface area contributed by atoms with Crippen molar-refractivity contribution >= 4 is 11.9 Å². The third-order valence-electron chi connectivity index (χ3n) is 3.32. The van der Waals surface area contributed by atoms with Gasteiger partial charge in [0.05, 0.1) is 11.3 Å². The summed E-state index contributed by atoms with van der Waals surface area (Å²) in [6.45, 7) is 3.22. The van der Waals surface area contributed by atoms with Crippen molar-refractivity contribution in [2.24, 2.45) is 0 Å². The number of hydrogen-bond donors (Lipinski definition) is 1. The fourth-order valence-electron chi connectivity index (χ4n) is 2.29. The first-order valence-electron chi connectivity index (χ1n) is 6.04. The molecule has 3 rings (SSSR count). The number of nitrogens with zero attached hydrogens (tertiary/aromatic N) is 3. The quantitative estimate of drug-likeness (QED) is 0.889. The molecule has 2 heterocycles. The van der Waals surface area contributed by atoms with Gasteiger partial charge in [-0.05, 0) is 18.1 Å². The second kappa shape index (κ2) is 4.35. The number of anilines is 1. The largest absolute Gasteiger partial charge is 0.478 e. The monoisotopic (exact) mass is 255 g/mol. The molecule has 0 spiro atoms. The molecular formula is C14H13N3O2. The highest BCUT2D eigenvalue weighted by Gasteiger charge is 2.21. The number of hydrogen-bond acceptors (Lipinski definition) is 4. The zero-order valence-corrected chi connectivity index (χ0v) is 10.5. The Labute approximate surface area is 110 Å². The van der Waals surface area contributed by atoms with Crippen molar-refractivity contribution in [1.29, 1.82) is 0 Å². The molecule has 0 bridgehead atoms. The van der Waals surface area contributed by atoms with Crippen LogP contribution in [0.15, 0.2) is 30.5 Å². The number of benzene rings is 1. The number of aryl methyl sites for hydroxylation is 1. The van der Waals surface area contributed by atoms with Gasteiger partial charge in [-0.2, -0.15) is 0 Å². The average molecular weight is 255 g/mol. The fourth-order valence-corrected chi connectivity index (χ4v) is 2.29. The van der Waals surface area contributed by atoms with Crippen molar-refractivity contribution in [3.05, 3.63) is 52.8 Å². The second-order valence-electron chi connectivity index (χ2n) is 4.60. The van der Waals surface area contributed by atoms with Crippen LogP contribution in [0.5, 0.6) is 0 Å². The molecule has 1 aromatic carbocycles. The molecule has 2 aromatic rings. The van der Waals surface area contributed by atoms with Crippen molar-refractivity contribution in [2.45, 2.75) is 20.0 Å². The summed E-state index contributed by atoms with van der Waals surface area (Å²) in [5, 5.41) is 8.97. The normalized spacial score (nSPS) is 13.4. The smallest absolute Gasteiger partial charge is 0.339 e. The number of rotatable bonds is 2. The van der Waals surface area contributed by atoms with Gasteiger partial charge in [0, 0.05) is 19.3 Å². The Morgan fingerprint density at radius 1 is 1.26 bits per heavy atom. The van der Waals surface area contributed by atoms with E-state index in [4.69, 9.17) is 5.11 Å². The SMILES string of the molecule is Cc1nc(N2Cc3ccccc3C2)ncc1C(=O)O. The van der Waals surface area contributed by atoms with Crippen molar-refractivity contribution in [1.82, 2.24) is 9.97 Å². The molecule has 19 heavy (non-hydrogen) atoms. The van der Waals surface area contributed by atoms with Gasteiger partial charge >= 0.3 is 5.97 Å². The first-order chi connectivity index (χ1) is 9.15. The Morgan fingerprint density at radius 3 is 2.42 bits per heavy atom. The minimum Gasteiger partial charge on any atom is -0.478 e. The fraction of sp³-hybridized carbons (Fsp3) is 0.214. The van der Waals surface area contributed by atoms with E-state index < -0.39 is 5.97 Å². The maximum absolute atomic E-state index is 10.9. The third kappa shape index (κ3) is 2.03. The minimum atomic E-state index is -0.992. The lowest BCUT2D eigenvalue weighted by molar-refractivity contribution is 0.0695. The maximum atomic E-state index is 10.9. The standard InChI is InChI=1S/C14H13N3O2/c1-9-12(13(18)19)6-15-14(16-9)17-7-10-4-2-3-5-11(10)8-17/h2-6H,7-8H2,1H3,(H,18,19). The highest BCUT2D eigenvalue weighted by Crippen LogP contribution is 2.25. The van der Waals surface area contributed by atoms with Crippen molar-refractivity contribution in [3.8, 4) is 0 Å². The van der Waals surface area contributed by atoms with E-state index >= 15 is 0 Å². The Hall–Kier alpha value is -2.43. The lowest BCUT2D eigenvalue weighted by Gasteiger charge is -2.15. The molecule has 5 heteroatoms. The first-order valence-corrected chi connectivity index (χ1v) is 6.04. The summed E-state index contributed by atoms with van der Waals surface area (Å²) in [6, 6.07) is 8.21. The summed E-state index contributed by atoms with van der Waals surface area (Å²) in [6.07, 6.45) is 1.38. The van der Waals surface area contributed by atoms with Crippen LogP contribution in [0.4, 0.5) is 5.95 Å². The van der Waals surface area contributed by atoms with Crippen molar-refractivity contribution in [3.63, 3.8) is 0 Å². The average Bonchev–Trinajstić information content (AvgIpc) is 2.81. The van der Waals surface area contributed by atoms with E-state index in [0.717, 1.165) is 13.1 Å². The van der Waals surface area contributed by atoms with Crippen LogP contribution in [-0.2, 0) is 13.1 Å². The predicted octanol–water partition coefficient (Wildman–Crippen LogP) is 2.00. The first kappa shape index (κ1) is 11.6. The molecule has 1 aliphatic rings. The van der Waals surface area contributed by atoms with E-state index in [2.05, 4.69) is 22.1 Å². The molecule has 0 radical (unpaired) electrons. The summed E-state index contributed by atoms with van der Waals surface area (Å²) < 4.78 is 0. The van der Waals surface area contributed by atoms with E-state index in [1.165, 1.54) is 17.3 Å². The molecule has 0 fully saturated rings. The van der Waals surface area contributed by atoms with Crippen LogP contribution in [0.1, 0.15) is 27.2 Å². The maximum Gasteiger partial charge on any atom is 0.339 e. The Kier molecular flexibility index (Phi) is 2.67. The summed E-state index contributed by atoms with van der Waals surface area (Å²) in [5.74, 6) is -0.410. The zero-order chi connectivity index (χ0) is 13.4. The summed E-state index contributed by atoms with van der Waals surface area (Å²) in [7, 11) is 0. The van der Waals surface area contributed by atoms with Gasteiger partial charge in [-0.15, -0.1) is 0 Å². The van der Waals surface area contributed by atoms with Crippen molar-refractivity contribution in [2.75, 3.05) is 4.90 Å². The number of aromatic carboxylic acids is 1. The molecular weight excluding hydrogens is 242 g/mol. The molecule has 1 aromatic heterocycles. The Morgan fingerprint density at radius 2 is 1.89 bits per heavy atom. The number of fused-ring (bicyclic) bond motifs is 1. The lowest BCUT2D eigenvalue weighted by Crippen LogP contribution is -2.19. The van der Waals surface area contributed by atoms with Gasteiger partial charge in [0.1, 0.15) is 0 Å². The molecule has 0 saturated heterocycles. The topological polar surface area (TPSA) is 66.3 Å². The van der Waals surface area contributed by atoms with Crippen LogP contribution in [0.3, 0.4) is 0 Å². The van der Waals surface area contributed by atoms with E-state index in [9.17, 15) is 4.79 Å². The molecule has 1 aliphatic heterocycles. The molecule has 0 unspecified atom stereocenters. The van der Waals surface area contributed by atoms with E-state index in [0.29, 0.717) is 11.6 Å². The van der Waals surface area contributed by atoms with Crippen LogP contribution in [0.2, 0.25) is 0 Å². The molecule has 96 valence electrons. The van der Waals surface area contributed by atoms with E-state index in [1.54, 1.807) is 6.92 Å². The molecule has 5 nitrogen and oxygen atoms in total. The molecule has 0 aliphatic carbocycles. The number of carbonyl (C=O) groups is 1. The summed E-state index contributed by atoms with van der Waals surface area (Å²) >= 11 is 0. The van der Waals surface area contributed by atoms with Gasteiger partial charge < -0.3 is 10.0 Å². The van der Waals surface area contributed by atoms with Gasteiger partial charge in [-0.25, -0.2) is 14.8 Å². The minimum absolute atomic E-state index is 0.153. The Bertz CT molecular complexity index is 630. The zero-order valence-electron chi connectivity index (χ0n) is 10.5. The van der Waals surface area contributed by atoms with Crippen LogP contribution in [-0.4, -0.2) is 21.0 Å². The lowest BCUT2D eigenvalue weighted by atomic mass is 10.1. The van der Waals surface area contributed by atoms with Gasteiger partial charge in [0.25, 0.3) is 0 Å². The van der Waals surface area contributed by atoms with Crippen molar-refractivity contribution < 1.29 is 9.90 Å². The van der Waals surface area contributed by atoms with Crippen LogP contribution >= 0.6 is 0 Å². The number of aromatic nitrogens is 2. The van der Waals surface area contributed by atoms with Crippen LogP contribution in [0, 0.1) is 6.92 Å². The summed E-state index contributed by atoms with van der Waals surface area (Å²) in [5.41, 5.74) is 3.19. The van der Waals surface area contributed by atoms with Crippen LogP contribution in [0.25, 0.3) is 0 Å². The molecule has 1 N–H and O–H groups in total. The third-order valence-corrected chi connectivity index (χ3v) is 3.32. The molecule has 0 amide bonds. The number of carboxylic acids is 1. The molecule has 0 atom stereocenters. The predicted molar refractivity (Wildman–Crippen MR) is 70.1 cm³/mol. The Balaban J connectivity index is 1.90. The van der Waals surface area contributed by atoms with Gasteiger partial charge in [-0.3, -0.25) is 0 Å².